The average molecular weight is 240 g/mol. The van der Waals surface area contributed by atoms with E-state index in [9.17, 15) is 4.79 Å². The molecule has 0 radical (unpaired) electrons. The molecule has 0 aromatic carbocycles. The van der Waals surface area contributed by atoms with Gasteiger partial charge < -0.3 is 4.90 Å². The van der Waals surface area contributed by atoms with Gasteiger partial charge in [-0.2, -0.15) is 5.10 Å². The lowest BCUT2D eigenvalue weighted by molar-refractivity contribution is -0.135. The van der Waals surface area contributed by atoms with Gasteiger partial charge in [0.05, 0.1) is 0 Å². The van der Waals surface area contributed by atoms with Gasteiger partial charge in [0, 0.05) is 13.1 Å². The van der Waals surface area contributed by atoms with Crippen LogP contribution in [0.3, 0.4) is 0 Å². The Balaban J connectivity index is 2.09. The first kappa shape index (κ1) is 11.3. The molecular formula is C10H16N4OS. The molecule has 1 aliphatic heterocycles. The highest BCUT2D eigenvalue weighted by Crippen LogP contribution is 2.15. The summed E-state index contributed by atoms with van der Waals surface area (Å²) in [6.45, 7) is 3.60. The fraction of sp³-hybridized carbons (Fsp3) is 0.700. The maximum absolute atomic E-state index is 12.2. The fourth-order valence-corrected chi connectivity index (χ4v) is 2.29. The van der Waals surface area contributed by atoms with Crippen LogP contribution in [-0.4, -0.2) is 38.7 Å². The molecule has 0 spiro atoms. The molecule has 0 aliphatic carbocycles. The van der Waals surface area contributed by atoms with Gasteiger partial charge >= 0.3 is 0 Å². The Morgan fingerprint density at radius 3 is 2.75 bits per heavy atom. The van der Waals surface area contributed by atoms with Crippen molar-refractivity contribution in [1.29, 1.82) is 0 Å². The van der Waals surface area contributed by atoms with Crippen molar-refractivity contribution in [3.05, 3.63) is 11.1 Å². The summed E-state index contributed by atoms with van der Waals surface area (Å²) >= 11 is 5.06. The Morgan fingerprint density at radius 2 is 2.19 bits per heavy atom. The maximum Gasteiger partial charge on any atom is 0.245 e. The van der Waals surface area contributed by atoms with E-state index >= 15 is 0 Å². The molecule has 0 bridgehead atoms. The first-order chi connectivity index (χ1) is 7.70. The van der Waals surface area contributed by atoms with Crippen molar-refractivity contribution in [2.75, 3.05) is 13.1 Å². The zero-order chi connectivity index (χ0) is 11.5. The van der Waals surface area contributed by atoms with Crippen LogP contribution in [0.5, 0.6) is 0 Å². The summed E-state index contributed by atoms with van der Waals surface area (Å²) in [5.41, 5.74) is 0. The Kier molecular flexibility index (Phi) is 3.38. The van der Waals surface area contributed by atoms with E-state index in [1.807, 2.05) is 11.8 Å². The van der Waals surface area contributed by atoms with Gasteiger partial charge in [0.1, 0.15) is 12.4 Å². The molecule has 0 saturated carbocycles. The number of H-pyrrole nitrogens is 1. The van der Waals surface area contributed by atoms with Crippen LogP contribution in [0, 0.1) is 4.77 Å². The number of carbonyl (C=O) groups excluding carboxylic acids is 1. The summed E-state index contributed by atoms with van der Waals surface area (Å²) in [5, 5.41) is 6.50. The van der Waals surface area contributed by atoms with Crippen molar-refractivity contribution in [1.82, 2.24) is 19.7 Å². The molecule has 16 heavy (non-hydrogen) atoms. The first-order valence-corrected chi connectivity index (χ1v) is 6.01. The van der Waals surface area contributed by atoms with Gasteiger partial charge in [-0.3, -0.25) is 14.5 Å². The highest BCUT2D eigenvalue weighted by Gasteiger charge is 2.23. The van der Waals surface area contributed by atoms with E-state index in [4.69, 9.17) is 12.2 Å². The molecule has 88 valence electrons. The molecule has 1 aromatic heterocycles. The Hall–Kier alpha value is -1.17. The quantitative estimate of drug-likeness (QED) is 0.797. The number of aromatic amines is 1. The second-order valence-electron chi connectivity index (χ2n) is 4.13. The van der Waals surface area contributed by atoms with E-state index < -0.39 is 0 Å². The molecule has 1 N–H and O–H groups in total. The summed E-state index contributed by atoms with van der Waals surface area (Å²) in [5.74, 6) is 0.136. The maximum atomic E-state index is 12.2. The van der Waals surface area contributed by atoms with Gasteiger partial charge in [-0.25, -0.2) is 0 Å². The smallest absolute Gasteiger partial charge is 0.245 e. The van der Waals surface area contributed by atoms with E-state index in [1.54, 1.807) is 10.9 Å². The Morgan fingerprint density at radius 1 is 1.50 bits per heavy atom. The monoisotopic (exact) mass is 240 g/mol. The second kappa shape index (κ2) is 4.78. The molecular weight excluding hydrogens is 224 g/mol. The van der Waals surface area contributed by atoms with Crippen LogP contribution in [0.25, 0.3) is 0 Å². The minimum Gasteiger partial charge on any atom is -0.341 e. The van der Waals surface area contributed by atoms with Crippen LogP contribution in [0.15, 0.2) is 6.33 Å². The molecule has 1 aliphatic rings. The van der Waals surface area contributed by atoms with E-state index in [0.717, 1.165) is 25.9 Å². The molecule has 1 fully saturated rings. The van der Waals surface area contributed by atoms with Gasteiger partial charge in [-0.1, -0.05) is 0 Å². The molecule has 1 amide bonds. The molecule has 5 nitrogen and oxygen atoms in total. The second-order valence-corrected chi connectivity index (χ2v) is 4.52. The topological polar surface area (TPSA) is 53.9 Å². The Labute approximate surface area is 99.5 Å². The number of carbonyl (C=O) groups is 1. The van der Waals surface area contributed by atoms with Crippen molar-refractivity contribution in [2.45, 2.75) is 32.2 Å². The molecule has 1 saturated heterocycles. The fourth-order valence-electron chi connectivity index (χ4n) is 2.03. The number of rotatable bonds is 2. The number of amides is 1. The van der Waals surface area contributed by atoms with E-state index in [2.05, 4.69) is 10.2 Å². The normalized spacial score (nSPS) is 18.4. The number of piperidine rings is 1. The predicted molar refractivity (Wildman–Crippen MR) is 62.6 cm³/mol. The third-order valence-corrected chi connectivity index (χ3v) is 3.32. The van der Waals surface area contributed by atoms with Crippen molar-refractivity contribution in [3.8, 4) is 0 Å². The minimum absolute atomic E-state index is 0.136. The summed E-state index contributed by atoms with van der Waals surface area (Å²) in [6.07, 6.45) is 5.02. The number of nitrogens with zero attached hydrogens (tertiary/aromatic N) is 3. The lowest BCUT2D eigenvalue weighted by atomic mass is 10.1. The minimum atomic E-state index is -0.260. The largest absolute Gasteiger partial charge is 0.341 e. The summed E-state index contributed by atoms with van der Waals surface area (Å²) in [7, 11) is 0. The van der Waals surface area contributed by atoms with Gasteiger partial charge in [0.15, 0.2) is 4.77 Å². The van der Waals surface area contributed by atoms with E-state index in [-0.39, 0.29) is 11.9 Å². The molecule has 1 atom stereocenters. The standard InChI is InChI=1S/C10H16N4OS/c1-8(14-7-11-12-10(14)16)9(15)13-5-3-2-4-6-13/h7-8H,2-6H2,1H3,(H,12,16). The lowest BCUT2D eigenvalue weighted by Gasteiger charge is -2.29. The zero-order valence-corrected chi connectivity index (χ0v) is 10.2. The van der Waals surface area contributed by atoms with Crippen LogP contribution in [-0.2, 0) is 4.79 Å². The van der Waals surface area contributed by atoms with Crippen LogP contribution >= 0.6 is 12.2 Å². The molecule has 6 heteroatoms. The van der Waals surface area contributed by atoms with E-state index in [1.165, 1.54) is 6.42 Å². The number of aromatic nitrogens is 3. The van der Waals surface area contributed by atoms with E-state index in [0.29, 0.717) is 4.77 Å². The van der Waals surface area contributed by atoms with Crippen LogP contribution in [0.2, 0.25) is 0 Å². The van der Waals surface area contributed by atoms with Crippen molar-refractivity contribution < 1.29 is 4.79 Å². The Bertz CT molecular complexity index is 418. The van der Waals surface area contributed by atoms with Gasteiger partial charge in [-0.05, 0) is 38.4 Å². The number of likely N-dealkylation sites (tertiary alicyclic amines) is 1. The van der Waals surface area contributed by atoms with Gasteiger partial charge in [0.2, 0.25) is 5.91 Å². The molecule has 2 heterocycles. The highest BCUT2D eigenvalue weighted by atomic mass is 32.1. The van der Waals surface area contributed by atoms with Crippen molar-refractivity contribution in [3.63, 3.8) is 0 Å². The number of nitrogens with one attached hydrogen (secondary N) is 1. The summed E-state index contributed by atoms with van der Waals surface area (Å²) < 4.78 is 2.20. The highest BCUT2D eigenvalue weighted by molar-refractivity contribution is 7.71. The zero-order valence-electron chi connectivity index (χ0n) is 9.35. The number of hydrogen-bond acceptors (Lipinski definition) is 3. The third kappa shape index (κ3) is 2.16. The van der Waals surface area contributed by atoms with Crippen molar-refractivity contribution in [2.24, 2.45) is 0 Å². The van der Waals surface area contributed by atoms with Crippen LogP contribution in [0.1, 0.15) is 32.2 Å². The summed E-state index contributed by atoms with van der Waals surface area (Å²) in [6, 6.07) is -0.260. The predicted octanol–water partition coefficient (Wildman–Crippen LogP) is 1.51. The van der Waals surface area contributed by atoms with Gasteiger partial charge in [0.25, 0.3) is 0 Å². The molecule has 1 unspecified atom stereocenters. The molecule has 2 rings (SSSR count). The SMILES string of the molecule is CC(C(=O)N1CCCCC1)n1cn[nH]c1=S. The number of hydrogen-bond donors (Lipinski definition) is 1. The first-order valence-electron chi connectivity index (χ1n) is 5.60. The van der Waals surface area contributed by atoms with Crippen molar-refractivity contribution >= 4 is 18.1 Å². The summed E-state index contributed by atoms with van der Waals surface area (Å²) in [4.78, 5) is 14.1. The lowest BCUT2D eigenvalue weighted by Crippen LogP contribution is -2.39. The van der Waals surface area contributed by atoms with Gasteiger partial charge in [-0.15, -0.1) is 0 Å². The van der Waals surface area contributed by atoms with Crippen LogP contribution in [0.4, 0.5) is 0 Å². The average Bonchev–Trinajstić information content (AvgIpc) is 2.75. The molecule has 1 aromatic rings. The van der Waals surface area contributed by atoms with Crippen LogP contribution < -0.4 is 0 Å². The third-order valence-electron chi connectivity index (χ3n) is 3.02.